The van der Waals surface area contributed by atoms with Gasteiger partial charge in [-0.25, -0.2) is 9.37 Å². The Morgan fingerprint density at radius 1 is 1.04 bits per heavy atom. The second-order valence-electron chi connectivity index (χ2n) is 5.81. The summed E-state index contributed by atoms with van der Waals surface area (Å²) in [6, 6.07) is 8.50. The molecule has 1 aliphatic heterocycles. The Kier molecular flexibility index (Phi) is 4.50. The van der Waals surface area contributed by atoms with Gasteiger partial charge < -0.3 is 9.80 Å². The molecule has 1 aromatic carbocycles. The van der Waals surface area contributed by atoms with Crippen LogP contribution in [0.5, 0.6) is 0 Å². The van der Waals surface area contributed by atoms with E-state index >= 15 is 0 Å². The lowest BCUT2D eigenvalue weighted by atomic mass is 10.2. The highest BCUT2D eigenvalue weighted by Crippen LogP contribution is 2.26. The van der Waals surface area contributed by atoms with Gasteiger partial charge in [-0.2, -0.15) is 11.3 Å². The van der Waals surface area contributed by atoms with Crippen LogP contribution < -0.4 is 4.90 Å². The standard InChI is InChI=1S/C18H16FN3OS2/c19-14-1-3-15(4-2-14)21-6-8-22(9-7-21)18(23)16-12-25-17(20-16)13-5-10-24-11-13/h1-5,10-12H,6-9H2. The van der Waals surface area contributed by atoms with Crippen LogP contribution in [0.3, 0.4) is 0 Å². The van der Waals surface area contributed by atoms with E-state index in [1.807, 2.05) is 27.1 Å². The highest BCUT2D eigenvalue weighted by atomic mass is 32.1. The van der Waals surface area contributed by atoms with E-state index < -0.39 is 0 Å². The molecule has 0 N–H and O–H groups in total. The van der Waals surface area contributed by atoms with E-state index in [0.717, 1.165) is 29.3 Å². The lowest BCUT2D eigenvalue weighted by Crippen LogP contribution is -2.48. The van der Waals surface area contributed by atoms with Crippen LogP contribution in [0.4, 0.5) is 10.1 Å². The van der Waals surface area contributed by atoms with Gasteiger partial charge in [0.05, 0.1) is 0 Å². The normalized spacial score (nSPS) is 14.8. The highest BCUT2D eigenvalue weighted by molar-refractivity contribution is 7.14. The summed E-state index contributed by atoms with van der Waals surface area (Å²) in [5, 5.41) is 6.76. The van der Waals surface area contributed by atoms with Gasteiger partial charge in [-0.15, -0.1) is 11.3 Å². The van der Waals surface area contributed by atoms with Gasteiger partial charge in [0.2, 0.25) is 0 Å². The van der Waals surface area contributed by atoms with Gasteiger partial charge >= 0.3 is 0 Å². The van der Waals surface area contributed by atoms with Crippen molar-refractivity contribution in [3.05, 3.63) is 58.0 Å². The smallest absolute Gasteiger partial charge is 0.273 e. The molecule has 3 heterocycles. The largest absolute Gasteiger partial charge is 0.368 e. The Labute approximate surface area is 153 Å². The van der Waals surface area contributed by atoms with Crippen molar-refractivity contribution in [2.24, 2.45) is 0 Å². The van der Waals surface area contributed by atoms with E-state index in [9.17, 15) is 9.18 Å². The highest BCUT2D eigenvalue weighted by Gasteiger charge is 2.24. The minimum Gasteiger partial charge on any atom is -0.368 e. The van der Waals surface area contributed by atoms with Gasteiger partial charge in [0.25, 0.3) is 5.91 Å². The predicted octanol–water partition coefficient (Wildman–Crippen LogP) is 3.97. The summed E-state index contributed by atoms with van der Waals surface area (Å²) >= 11 is 3.12. The maximum atomic E-state index is 13.0. The van der Waals surface area contributed by atoms with E-state index in [0.29, 0.717) is 18.8 Å². The molecule has 1 saturated heterocycles. The molecule has 0 radical (unpaired) electrons. The predicted molar refractivity (Wildman–Crippen MR) is 99.9 cm³/mol. The molecule has 0 saturated carbocycles. The first-order valence-electron chi connectivity index (χ1n) is 7.98. The van der Waals surface area contributed by atoms with E-state index in [1.54, 1.807) is 23.5 Å². The maximum absolute atomic E-state index is 13.0. The van der Waals surface area contributed by atoms with E-state index in [2.05, 4.69) is 9.88 Å². The third-order valence-electron chi connectivity index (χ3n) is 4.25. The van der Waals surface area contributed by atoms with Crippen molar-refractivity contribution < 1.29 is 9.18 Å². The maximum Gasteiger partial charge on any atom is 0.273 e. The molecule has 0 spiro atoms. The minimum atomic E-state index is -0.234. The van der Waals surface area contributed by atoms with Crippen molar-refractivity contribution >= 4 is 34.3 Å². The third-order valence-corrected chi connectivity index (χ3v) is 5.82. The van der Waals surface area contributed by atoms with Crippen LogP contribution >= 0.6 is 22.7 Å². The van der Waals surface area contributed by atoms with E-state index in [-0.39, 0.29) is 11.7 Å². The van der Waals surface area contributed by atoms with Crippen LogP contribution in [0.1, 0.15) is 10.5 Å². The zero-order valence-corrected chi connectivity index (χ0v) is 15.0. The number of rotatable bonds is 3. The first kappa shape index (κ1) is 16.2. The topological polar surface area (TPSA) is 36.4 Å². The average Bonchev–Trinajstić information content (AvgIpc) is 3.33. The monoisotopic (exact) mass is 373 g/mol. The summed E-state index contributed by atoms with van der Waals surface area (Å²) in [5.41, 5.74) is 2.57. The molecule has 1 amide bonds. The number of carbonyl (C=O) groups excluding carboxylic acids is 1. The van der Waals surface area contributed by atoms with Crippen LogP contribution in [-0.2, 0) is 0 Å². The van der Waals surface area contributed by atoms with Crippen molar-refractivity contribution in [1.29, 1.82) is 0 Å². The van der Waals surface area contributed by atoms with Crippen LogP contribution in [0.25, 0.3) is 10.6 Å². The van der Waals surface area contributed by atoms with Gasteiger partial charge in [0.15, 0.2) is 0 Å². The molecular weight excluding hydrogens is 357 g/mol. The Bertz CT molecular complexity index is 853. The number of aromatic nitrogens is 1. The zero-order chi connectivity index (χ0) is 17.2. The van der Waals surface area contributed by atoms with Crippen molar-refractivity contribution in [1.82, 2.24) is 9.88 Å². The van der Waals surface area contributed by atoms with Crippen LogP contribution in [-0.4, -0.2) is 42.0 Å². The number of thiazole rings is 1. The number of nitrogens with zero attached hydrogens (tertiary/aromatic N) is 3. The molecule has 0 unspecified atom stereocenters. The fourth-order valence-electron chi connectivity index (χ4n) is 2.87. The molecule has 4 rings (SSSR count). The number of anilines is 1. The first-order valence-corrected chi connectivity index (χ1v) is 9.81. The fourth-order valence-corrected chi connectivity index (χ4v) is 4.38. The summed E-state index contributed by atoms with van der Waals surface area (Å²) in [6.07, 6.45) is 0. The van der Waals surface area contributed by atoms with Crippen molar-refractivity contribution in [3.63, 3.8) is 0 Å². The lowest BCUT2D eigenvalue weighted by Gasteiger charge is -2.35. The second kappa shape index (κ2) is 6.93. The Morgan fingerprint density at radius 3 is 2.48 bits per heavy atom. The van der Waals surface area contributed by atoms with Crippen molar-refractivity contribution in [2.75, 3.05) is 31.1 Å². The molecule has 3 aromatic rings. The summed E-state index contributed by atoms with van der Waals surface area (Å²) in [4.78, 5) is 21.2. The number of hydrogen-bond donors (Lipinski definition) is 0. The Morgan fingerprint density at radius 2 is 1.80 bits per heavy atom. The minimum absolute atomic E-state index is 0.0171. The molecule has 1 fully saturated rings. The average molecular weight is 373 g/mol. The molecule has 1 aliphatic rings. The molecule has 0 atom stereocenters. The zero-order valence-electron chi connectivity index (χ0n) is 13.4. The van der Waals surface area contributed by atoms with E-state index in [1.165, 1.54) is 23.5 Å². The Balaban J connectivity index is 1.40. The summed E-state index contributed by atoms with van der Waals surface area (Å²) in [7, 11) is 0. The van der Waals surface area contributed by atoms with Crippen molar-refractivity contribution in [3.8, 4) is 10.6 Å². The number of thiophene rings is 1. The number of amides is 1. The molecule has 128 valence electrons. The lowest BCUT2D eigenvalue weighted by molar-refractivity contribution is 0.0742. The van der Waals surface area contributed by atoms with Gasteiger partial charge in [0.1, 0.15) is 16.5 Å². The number of hydrogen-bond acceptors (Lipinski definition) is 5. The summed E-state index contributed by atoms with van der Waals surface area (Å²) < 4.78 is 13.0. The van der Waals surface area contributed by atoms with Gasteiger partial charge in [-0.05, 0) is 35.7 Å². The molecule has 7 heteroatoms. The van der Waals surface area contributed by atoms with Crippen LogP contribution in [0.2, 0.25) is 0 Å². The molecule has 2 aromatic heterocycles. The Hall–Kier alpha value is -2.25. The van der Waals surface area contributed by atoms with Crippen molar-refractivity contribution in [2.45, 2.75) is 0 Å². The molecule has 0 bridgehead atoms. The summed E-state index contributed by atoms with van der Waals surface area (Å²) in [6.45, 7) is 2.75. The molecule has 25 heavy (non-hydrogen) atoms. The molecule has 0 aliphatic carbocycles. The fraction of sp³-hybridized carbons (Fsp3) is 0.222. The quantitative estimate of drug-likeness (QED) is 0.697. The second-order valence-corrected chi connectivity index (χ2v) is 7.44. The summed E-state index contributed by atoms with van der Waals surface area (Å²) in [5.74, 6) is -0.251. The third kappa shape index (κ3) is 3.43. The number of carbonyl (C=O) groups is 1. The van der Waals surface area contributed by atoms with Gasteiger partial charge in [-0.1, -0.05) is 0 Å². The van der Waals surface area contributed by atoms with Crippen LogP contribution in [0, 0.1) is 5.82 Å². The first-order chi connectivity index (χ1) is 12.2. The van der Waals surface area contributed by atoms with E-state index in [4.69, 9.17) is 0 Å². The van der Waals surface area contributed by atoms with Crippen LogP contribution in [0.15, 0.2) is 46.5 Å². The van der Waals surface area contributed by atoms with Gasteiger partial charge in [-0.3, -0.25) is 4.79 Å². The SMILES string of the molecule is O=C(c1csc(-c2ccsc2)n1)N1CCN(c2ccc(F)cc2)CC1. The molecular formula is C18H16FN3OS2. The number of piperazine rings is 1. The number of benzene rings is 1. The number of halogens is 1. The molecule has 4 nitrogen and oxygen atoms in total. The van der Waals surface area contributed by atoms with Gasteiger partial charge in [0, 0.05) is 48.2 Å².